The number of aromatic nitrogens is 1. The van der Waals surface area contributed by atoms with Gasteiger partial charge < -0.3 is 9.73 Å². The Hall–Kier alpha value is -1.96. The largest absolute Gasteiger partial charge is 0.411 e. The lowest BCUT2D eigenvalue weighted by atomic mass is 10.4. The number of nitrogens with zero attached hydrogens (tertiary/aromatic N) is 3. The molecule has 8 nitrogen and oxygen atoms in total. The molecule has 0 aromatic carbocycles. The second-order valence-electron chi connectivity index (χ2n) is 1.70. The fourth-order valence-corrected chi connectivity index (χ4v) is 0.603. The Morgan fingerprint density at radius 1 is 1.67 bits per heavy atom. The summed E-state index contributed by atoms with van der Waals surface area (Å²) in [5.74, 6) is -0.424. The fraction of sp³-hybridized carbons (Fsp3) is 0. The first kappa shape index (κ1) is 8.14. The molecular weight excluding hydrogens is 168 g/mol. The lowest BCUT2D eigenvalue weighted by Crippen LogP contribution is -1.92. The summed E-state index contributed by atoms with van der Waals surface area (Å²) < 4.78 is 4.33. The van der Waals surface area contributed by atoms with Gasteiger partial charge in [0.05, 0.1) is 6.21 Å². The zero-order valence-corrected chi connectivity index (χ0v) is 5.63. The Balaban J connectivity index is 3.12. The molecule has 0 spiro atoms. The molecule has 0 amide bonds. The highest BCUT2D eigenvalue weighted by molar-refractivity contribution is 5.87. The molecular formula is C4H4N4O4. The van der Waals surface area contributed by atoms with Gasteiger partial charge in [-0.3, -0.25) is 10.7 Å². The van der Waals surface area contributed by atoms with Gasteiger partial charge in [-0.25, -0.2) is 0 Å². The third-order valence-electron chi connectivity index (χ3n) is 1.08. The molecule has 0 fully saturated rings. The summed E-state index contributed by atoms with van der Waals surface area (Å²) in [4.78, 5) is 9.96. The molecule has 0 unspecified atom stereocenters. The topological polar surface area (TPSA) is 120 Å². The second kappa shape index (κ2) is 3.44. The van der Waals surface area contributed by atoms with Crippen LogP contribution in [0, 0.1) is 4.91 Å². The average molecular weight is 172 g/mol. The number of rotatable bonds is 3. The van der Waals surface area contributed by atoms with E-state index in [9.17, 15) is 4.91 Å². The number of nitroso groups, excluding NO2 is 1. The van der Waals surface area contributed by atoms with Gasteiger partial charge in [-0.1, -0.05) is 10.3 Å². The molecule has 1 aromatic heterocycles. The van der Waals surface area contributed by atoms with Gasteiger partial charge in [0, 0.05) is 5.18 Å². The van der Waals surface area contributed by atoms with E-state index in [1.165, 1.54) is 0 Å². The number of anilines is 1. The molecule has 3 N–H and O–H groups in total. The van der Waals surface area contributed by atoms with Crippen molar-refractivity contribution in [1.82, 2.24) is 5.16 Å². The van der Waals surface area contributed by atoms with Crippen LogP contribution in [0.3, 0.4) is 0 Å². The van der Waals surface area contributed by atoms with Gasteiger partial charge in [0.1, 0.15) is 0 Å². The summed E-state index contributed by atoms with van der Waals surface area (Å²) in [6.07, 6.45) is 0.872. The van der Waals surface area contributed by atoms with Crippen molar-refractivity contribution in [1.29, 1.82) is 0 Å². The number of oxime groups is 1. The molecule has 8 heteroatoms. The zero-order valence-electron chi connectivity index (χ0n) is 5.63. The Morgan fingerprint density at radius 2 is 2.42 bits per heavy atom. The van der Waals surface area contributed by atoms with Crippen molar-refractivity contribution < 1.29 is 14.9 Å². The third kappa shape index (κ3) is 1.22. The van der Waals surface area contributed by atoms with Crippen LogP contribution in [-0.4, -0.2) is 21.8 Å². The molecule has 1 rings (SSSR count). The number of nitrogens with one attached hydrogen (secondary N) is 1. The van der Waals surface area contributed by atoms with E-state index >= 15 is 0 Å². The maximum Gasteiger partial charge on any atom is 0.316 e. The lowest BCUT2D eigenvalue weighted by molar-refractivity contribution is 0.321. The van der Waals surface area contributed by atoms with Crippen molar-refractivity contribution in [2.45, 2.75) is 0 Å². The summed E-state index contributed by atoms with van der Waals surface area (Å²) in [5.41, 5.74) is 1.44. The average Bonchev–Trinajstić information content (AvgIpc) is 2.47. The van der Waals surface area contributed by atoms with Gasteiger partial charge in [0.2, 0.25) is 0 Å². The Kier molecular flexibility index (Phi) is 2.33. The Morgan fingerprint density at radius 3 is 2.92 bits per heavy atom. The summed E-state index contributed by atoms with van der Waals surface area (Å²) >= 11 is 0. The highest BCUT2D eigenvalue weighted by atomic mass is 16.5. The quantitative estimate of drug-likeness (QED) is 0.267. The van der Waals surface area contributed by atoms with Gasteiger partial charge in [0.25, 0.3) is 0 Å². The van der Waals surface area contributed by atoms with Crippen LogP contribution in [-0.2, 0) is 0 Å². The van der Waals surface area contributed by atoms with Crippen LogP contribution < -0.4 is 5.48 Å². The highest BCUT2D eigenvalue weighted by Crippen LogP contribution is 2.26. The van der Waals surface area contributed by atoms with Gasteiger partial charge in [-0.2, -0.15) is 0 Å². The minimum atomic E-state index is -0.424. The van der Waals surface area contributed by atoms with E-state index in [0.717, 1.165) is 6.21 Å². The Labute approximate surface area is 65.4 Å². The van der Waals surface area contributed by atoms with E-state index in [4.69, 9.17) is 10.4 Å². The molecule has 0 saturated heterocycles. The van der Waals surface area contributed by atoms with E-state index in [0.29, 0.717) is 0 Å². The molecule has 0 saturated carbocycles. The van der Waals surface area contributed by atoms with Crippen LogP contribution in [0.2, 0.25) is 0 Å². The summed E-state index contributed by atoms with van der Waals surface area (Å²) in [6, 6.07) is 0. The van der Waals surface area contributed by atoms with Crippen molar-refractivity contribution >= 4 is 17.8 Å². The molecule has 0 aliphatic carbocycles. The molecule has 0 bridgehead atoms. The zero-order chi connectivity index (χ0) is 8.97. The number of hydrogen-bond donors (Lipinski definition) is 3. The minimum Gasteiger partial charge on any atom is -0.411 e. The Bertz CT molecular complexity index is 306. The molecule has 12 heavy (non-hydrogen) atoms. The van der Waals surface area contributed by atoms with Gasteiger partial charge in [-0.15, -0.1) is 4.91 Å². The van der Waals surface area contributed by atoms with E-state index in [2.05, 4.69) is 20.0 Å². The third-order valence-corrected chi connectivity index (χ3v) is 1.08. The highest BCUT2D eigenvalue weighted by Gasteiger charge is 2.14. The van der Waals surface area contributed by atoms with Crippen LogP contribution in [0.1, 0.15) is 5.69 Å². The number of hydrogen-bond acceptors (Lipinski definition) is 8. The maximum atomic E-state index is 9.96. The smallest absolute Gasteiger partial charge is 0.316 e. The first-order chi connectivity index (χ1) is 5.83. The van der Waals surface area contributed by atoms with Crippen LogP contribution in [0.5, 0.6) is 0 Å². The monoisotopic (exact) mass is 172 g/mol. The molecule has 64 valence electrons. The van der Waals surface area contributed by atoms with Crippen LogP contribution >= 0.6 is 0 Å². The first-order valence-corrected chi connectivity index (χ1v) is 2.74. The maximum absolute atomic E-state index is 9.96. The van der Waals surface area contributed by atoms with Crippen molar-refractivity contribution in [2.75, 3.05) is 5.48 Å². The van der Waals surface area contributed by atoms with E-state index in [-0.39, 0.29) is 11.4 Å². The fourth-order valence-electron chi connectivity index (χ4n) is 0.603. The summed E-state index contributed by atoms with van der Waals surface area (Å²) in [5, 5.41) is 24.8. The SMILES string of the molecule is O=Nc1onc(/C=N/O)c1NO. The van der Waals surface area contributed by atoms with Gasteiger partial charge in [0.15, 0.2) is 11.4 Å². The summed E-state index contributed by atoms with van der Waals surface area (Å²) in [6.45, 7) is 0. The standard InChI is InChI=1S/C4H4N4O4/c9-5-1-2-3(6-10)4(7-11)12-8-2/h1,6,9-10H/b5-1+. The van der Waals surface area contributed by atoms with Crippen molar-refractivity contribution in [2.24, 2.45) is 10.3 Å². The van der Waals surface area contributed by atoms with Crippen LogP contribution in [0.15, 0.2) is 14.9 Å². The molecule has 0 aliphatic heterocycles. The van der Waals surface area contributed by atoms with Crippen molar-refractivity contribution in [3.8, 4) is 0 Å². The van der Waals surface area contributed by atoms with Crippen molar-refractivity contribution in [3.05, 3.63) is 10.6 Å². The van der Waals surface area contributed by atoms with Crippen LogP contribution in [0.25, 0.3) is 0 Å². The minimum absolute atomic E-state index is 0.0328. The van der Waals surface area contributed by atoms with E-state index in [1.807, 2.05) is 0 Å². The van der Waals surface area contributed by atoms with E-state index < -0.39 is 5.88 Å². The lowest BCUT2D eigenvalue weighted by Gasteiger charge is -1.90. The van der Waals surface area contributed by atoms with Crippen LogP contribution in [0.4, 0.5) is 11.6 Å². The normalized spacial score (nSPS) is 10.4. The molecule has 0 aliphatic rings. The molecule has 1 aromatic rings. The molecule has 0 atom stereocenters. The molecule has 1 heterocycles. The predicted octanol–water partition coefficient (Wildman–Crippen LogP) is 0.682. The predicted molar refractivity (Wildman–Crippen MR) is 36.7 cm³/mol. The van der Waals surface area contributed by atoms with Crippen molar-refractivity contribution in [3.63, 3.8) is 0 Å². The van der Waals surface area contributed by atoms with Gasteiger partial charge in [-0.05, 0) is 0 Å². The first-order valence-electron chi connectivity index (χ1n) is 2.74. The summed E-state index contributed by atoms with van der Waals surface area (Å²) in [7, 11) is 0. The second-order valence-corrected chi connectivity index (χ2v) is 1.70. The molecule has 0 radical (unpaired) electrons. The van der Waals surface area contributed by atoms with E-state index in [1.54, 1.807) is 5.48 Å². The van der Waals surface area contributed by atoms with Gasteiger partial charge >= 0.3 is 5.88 Å².